The van der Waals surface area contributed by atoms with Crippen LogP contribution in [0.15, 0.2) is 6.08 Å². The van der Waals surface area contributed by atoms with Gasteiger partial charge in [0.2, 0.25) is 0 Å². The molecule has 0 radical (unpaired) electrons. The van der Waals surface area contributed by atoms with Crippen molar-refractivity contribution < 1.29 is 14.3 Å². The molecule has 0 aliphatic heterocycles. The monoisotopic (exact) mass is 313 g/mol. The average molecular weight is 314 g/mol. The van der Waals surface area contributed by atoms with Gasteiger partial charge in [0.15, 0.2) is 6.61 Å². The molecule has 1 rings (SSSR count). The molecule has 0 atom stereocenters. The van der Waals surface area contributed by atoms with Crippen LogP contribution in [0.1, 0.15) is 25.1 Å². The van der Waals surface area contributed by atoms with Crippen LogP contribution in [0.4, 0.5) is 0 Å². The molecular formula is C14H20ClN3O3. The van der Waals surface area contributed by atoms with E-state index in [1.165, 1.54) is 13.1 Å². The van der Waals surface area contributed by atoms with Crippen LogP contribution in [0.3, 0.4) is 0 Å². The standard InChI is InChI=1S/C14H20ClN3O3/c1-9(2)7-18-14(15)11(10(3)17-18)5-6-13(20)21-8-12(19)16-4/h5-6,9H,7-8H2,1-4H3,(H,16,19)/b6-5+. The zero-order valence-electron chi connectivity index (χ0n) is 12.6. The zero-order valence-corrected chi connectivity index (χ0v) is 13.4. The minimum atomic E-state index is -0.606. The summed E-state index contributed by atoms with van der Waals surface area (Å²) in [5.41, 5.74) is 1.41. The molecule has 1 heterocycles. The van der Waals surface area contributed by atoms with E-state index in [-0.39, 0.29) is 12.5 Å². The molecule has 0 unspecified atom stereocenters. The van der Waals surface area contributed by atoms with Gasteiger partial charge >= 0.3 is 5.97 Å². The Morgan fingerprint density at radius 2 is 2.14 bits per heavy atom. The van der Waals surface area contributed by atoms with E-state index in [9.17, 15) is 9.59 Å². The van der Waals surface area contributed by atoms with Crippen LogP contribution in [0.2, 0.25) is 5.15 Å². The van der Waals surface area contributed by atoms with Gasteiger partial charge in [-0.2, -0.15) is 5.10 Å². The van der Waals surface area contributed by atoms with E-state index in [0.717, 1.165) is 5.69 Å². The molecule has 1 aromatic rings. The molecule has 0 aliphatic carbocycles. The number of aromatic nitrogens is 2. The predicted octanol–water partition coefficient (Wildman–Crippen LogP) is 1.80. The van der Waals surface area contributed by atoms with E-state index in [0.29, 0.717) is 23.2 Å². The Morgan fingerprint density at radius 1 is 1.48 bits per heavy atom. The number of carbonyl (C=O) groups excluding carboxylic acids is 2. The minimum Gasteiger partial charge on any atom is -0.452 e. The van der Waals surface area contributed by atoms with Gasteiger partial charge in [0.05, 0.1) is 5.69 Å². The SMILES string of the molecule is CNC(=O)COC(=O)/C=C/c1c(C)nn(CC(C)C)c1Cl. The smallest absolute Gasteiger partial charge is 0.331 e. The Morgan fingerprint density at radius 3 is 2.71 bits per heavy atom. The number of esters is 1. The lowest BCUT2D eigenvalue weighted by molar-refractivity contribution is -0.143. The number of rotatable bonds is 6. The van der Waals surface area contributed by atoms with E-state index in [2.05, 4.69) is 24.3 Å². The Labute approximate surface area is 129 Å². The van der Waals surface area contributed by atoms with Crippen molar-refractivity contribution in [3.63, 3.8) is 0 Å². The normalized spacial score (nSPS) is 11.1. The Bertz CT molecular complexity index is 550. The van der Waals surface area contributed by atoms with Crippen molar-refractivity contribution in [2.45, 2.75) is 27.3 Å². The molecule has 0 saturated heterocycles. The molecule has 116 valence electrons. The molecule has 1 aromatic heterocycles. The highest BCUT2D eigenvalue weighted by Gasteiger charge is 2.12. The van der Waals surface area contributed by atoms with Crippen LogP contribution in [0, 0.1) is 12.8 Å². The number of ether oxygens (including phenoxy) is 1. The van der Waals surface area contributed by atoms with E-state index in [4.69, 9.17) is 16.3 Å². The van der Waals surface area contributed by atoms with E-state index < -0.39 is 5.97 Å². The van der Waals surface area contributed by atoms with Gasteiger partial charge in [0.1, 0.15) is 5.15 Å². The summed E-state index contributed by atoms with van der Waals surface area (Å²) in [5.74, 6) is -0.558. The summed E-state index contributed by atoms with van der Waals surface area (Å²) in [6, 6.07) is 0. The summed E-state index contributed by atoms with van der Waals surface area (Å²) in [7, 11) is 1.47. The maximum absolute atomic E-state index is 11.5. The highest BCUT2D eigenvalue weighted by Crippen LogP contribution is 2.22. The van der Waals surface area contributed by atoms with Crippen LogP contribution >= 0.6 is 11.6 Å². The second-order valence-corrected chi connectivity index (χ2v) is 5.34. The van der Waals surface area contributed by atoms with Crippen molar-refractivity contribution in [1.29, 1.82) is 0 Å². The third-order valence-corrected chi connectivity index (χ3v) is 3.06. The number of nitrogens with one attached hydrogen (secondary N) is 1. The van der Waals surface area contributed by atoms with Crippen LogP contribution < -0.4 is 5.32 Å². The largest absolute Gasteiger partial charge is 0.452 e. The van der Waals surface area contributed by atoms with Gasteiger partial charge in [-0.1, -0.05) is 25.4 Å². The highest BCUT2D eigenvalue weighted by atomic mass is 35.5. The van der Waals surface area contributed by atoms with Gasteiger partial charge in [0, 0.05) is 25.2 Å². The number of likely N-dealkylation sites (N-methyl/N-ethyl adjacent to an activating group) is 1. The number of hydrogen-bond acceptors (Lipinski definition) is 4. The van der Waals surface area contributed by atoms with E-state index in [1.807, 2.05) is 6.92 Å². The number of aryl methyl sites for hydroxylation is 1. The molecule has 0 spiro atoms. The molecule has 0 saturated carbocycles. The van der Waals surface area contributed by atoms with Crippen LogP contribution in [-0.4, -0.2) is 35.3 Å². The second-order valence-electron chi connectivity index (χ2n) is 4.98. The maximum Gasteiger partial charge on any atom is 0.331 e. The van der Waals surface area contributed by atoms with Crippen molar-refractivity contribution >= 4 is 29.6 Å². The summed E-state index contributed by atoms with van der Waals surface area (Å²) in [6.45, 7) is 6.35. The second kappa shape index (κ2) is 7.83. The molecule has 7 heteroatoms. The quantitative estimate of drug-likeness (QED) is 0.642. The third-order valence-electron chi connectivity index (χ3n) is 2.66. The number of halogens is 1. The molecule has 1 N–H and O–H groups in total. The van der Waals surface area contributed by atoms with Gasteiger partial charge in [-0.25, -0.2) is 4.79 Å². The molecule has 0 fully saturated rings. The minimum absolute atomic E-state index is 0.307. The van der Waals surface area contributed by atoms with Crippen molar-refractivity contribution in [2.24, 2.45) is 5.92 Å². The average Bonchev–Trinajstić information content (AvgIpc) is 2.68. The summed E-state index contributed by atoms with van der Waals surface area (Å²) < 4.78 is 6.46. The fraction of sp³-hybridized carbons (Fsp3) is 0.500. The number of hydrogen-bond donors (Lipinski definition) is 1. The van der Waals surface area contributed by atoms with Crippen molar-refractivity contribution in [3.8, 4) is 0 Å². The summed E-state index contributed by atoms with van der Waals surface area (Å²) in [6.07, 6.45) is 2.78. The first-order chi connectivity index (χ1) is 9.85. The van der Waals surface area contributed by atoms with Gasteiger partial charge in [-0.15, -0.1) is 0 Å². The maximum atomic E-state index is 11.5. The first-order valence-electron chi connectivity index (χ1n) is 6.63. The fourth-order valence-corrected chi connectivity index (χ4v) is 1.94. The first-order valence-corrected chi connectivity index (χ1v) is 7.01. The van der Waals surface area contributed by atoms with Crippen molar-refractivity contribution in [1.82, 2.24) is 15.1 Å². The predicted molar refractivity (Wildman–Crippen MR) is 80.9 cm³/mol. The molecule has 0 aromatic carbocycles. The summed E-state index contributed by atoms with van der Waals surface area (Å²) >= 11 is 6.24. The number of amides is 1. The zero-order chi connectivity index (χ0) is 16.0. The third kappa shape index (κ3) is 5.23. The van der Waals surface area contributed by atoms with Crippen LogP contribution in [-0.2, 0) is 20.9 Å². The molecule has 21 heavy (non-hydrogen) atoms. The Hall–Kier alpha value is -1.82. The Kier molecular flexibility index (Phi) is 6.42. The lowest BCUT2D eigenvalue weighted by Gasteiger charge is -2.05. The van der Waals surface area contributed by atoms with Gasteiger partial charge in [-0.05, 0) is 18.9 Å². The molecular weight excluding hydrogens is 294 g/mol. The van der Waals surface area contributed by atoms with Gasteiger partial charge < -0.3 is 10.1 Å². The molecule has 6 nitrogen and oxygen atoms in total. The van der Waals surface area contributed by atoms with Crippen LogP contribution in [0.5, 0.6) is 0 Å². The summed E-state index contributed by atoms with van der Waals surface area (Å²) in [5, 5.41) is 7.18. The summed E-state index contributed by atoms with van der Waals surface area (Å²) in [4.78, 5) is 22.4. The number of nitrogens with zero attached hydrogens (tertiary/aromatic N) is 2. The number of carbonyl (C=O) groups is 2. The van der Waals surface area contributed by atoms with Gasteiger partial charge in [0.25, 0.3) is 5.91 Å². The van der Waals surface area contributed by atoms with E-state index in [1.54, 1.807) is 10.8 Å². The van der Waals surface area contributed by atoms with Gasteiger partial charge in [-0.3, -0.25) is 9.48 Å². The topological polar surface area (TPSA) is 73.2 Å². The van der Waals surface area contributed by atoms with Crippen molar-refractivity contribution in [2.75, 3.05) is 13.7 Å². The lowest BCUT2D eigenvalue weighted by Crippen LogP contribution is -2.24. The molecule has 0 bridgehead atoms. The fourth-order valence-electron chi connectivity index (χ4n) is 1.63. The first kappa shape index (κ1) is 17.2. The highest BCUT2D eigenvalue weighted by molar-refractivity contribution is 6.31. The molecule has 0 aliphatic rings. The van der Waals surface area contributed by atoms with Crippen LogP contribution in [0.25, 0.3) is 6.08 Å². The van der Waals surface area contributed by atoms with Crippen molar-refractivity contribution in [3.05, 3.63) is 22.5 Å². The van der Waals surface area contributed by atoms with E-state index >= 15 is 0 Å². The molecule has 1 amide bonds. The lowest BCUT2D eigenvalue weighted by atomic mass is 10.2. The Balaban J connectivity index is 2.74.